The number of rotatable bonds is 3. The van der Waals surface area contributed by atoms with Crippen molar-refractivity contribution in [3.8, 4) is 0 Å². The lowest BCUT2D eigenvalue weighted by molar-refractivity contribution is -0.117. The first-order chi connectivity index (χ1) is 11.5. The number of carbonyl (C=O) groups excluding carboxylic acids is 2. The monoisotopic (exact) mass is 345 g/mol. The third-order valence-corrected chi connectivity index (χ3v) is 4.94. The van der Waals surface area contributed by atoms with Gasteiger partial charge in [0.25, 0.3) is 0 Å². The number of hydrogen-bond donors (Lipinski definition) is 1. The molecule has 1 fully saturated rings. The lowest BCUT2D eigenvalue weighted by Gasteiger charge is -2.18. The molecule has 2 heterocycles. The molecule has 1 aliphatic heterocycles. The maximum Gasteiger partial charge on any atom is 0.323 e. The normalized spacial score (nSPS) is 17.2. The second kappa shape index (κ2) is 6.56. The zero-order chi connectivity index (χ0) is 17.3. The molecule has 1 aromatic heterocycles. The van der Waals surface area contributed by atoms with Crippen LogP contribution in [0.3, 0.4) is 0 Å². The molecule has 1 aromatic carbocycles. The van der Waals surface area contributed by atoms with E-state index in [0.29, 0.717) is 18.1 Å². The van der Waals surface area contributed by atoms with Crippen molar-refractivity contribution in [1.82, 2.24) is 15.1 Å². The number of para-hydroxylation sites is 1. The molecule has 1 aliphatic rings. The molecule has 1 saturated heterocycles. The minimum Gasteiger partial charge on any atom is -0.331 e. The highest BCUT2D eigenvalue weighted by atomic mass is 32.1. The quantitative estimate of drug-likeness (QED) is 0.927. The molecule has 126 valence electrons. The fourth-order valence-electron chi connectivity index (χ4n) is 2.63. The van der Waals surface area contributed by atoms with Crippen molar-refractivity contribution in [2.75, 3.05) is 30.9 Å². The first-order valence-corrected chi connectivity index (χ1v) is 8.45. The average Bonchev–Trinajstić information content (AvgIpc) is 3.14. The van der Waals surface area contributed by atoms with E-state index in [9.17, 15) is 9.59 Å². The molecule has 0 spiro atoms. The molecule has 1 N–H and O–H groups in total. The van der Waals surface area contributed by atoms with Crippen molar-refractivity contribution in [3.05, 3.63) is 34.8 Å². The molecule has 3 rings (SSSR count). The molecule has 0 aliphatic carbocycles. The van der Waals surface area contributed by atoms with Crippen molar-refractivity contribution in [1.29, 1.82) is 0 Å². The summed E-state index contributed by atoms with van der Waals surface area (Å²) in [5.41, 5.74) is 2.01. The lowest BCUT2D eigenvalue weighted by Crippen LogP contribution is -2.27. The van der Waals surface area contributed by atoms with E-state index < -0.39 is 0 Å². The van der Waals surface area contributed by atoms with Crippen LogP contribution in [0.1, 0.15) is 22.9 Å². The van der Waals surface area contributed by atoms with Crippen molar-refractivity contribution >= 4 is 34.1 Å². The molecule has 8 heteroatoms. The van der Waals surface area contributed by atoms with Crippen LogP contribution in [-0.4, -0.2) is 47.7 Å². The zero-order valence-electron chi connectivity index (χ0n) is 13.8. The smallest absolute Gasteiger partial charge is 0.323 e. The molecule has 7 nitrogen and oxygen atoms in total. The number of urea groups is 1. The van der Waals surface area contributed by atoms with Gasteiger partial charge in [0.2, 0.25) is 11.0 Å². The molecule has 1 unspecified atom stereocenters. The number of benzene rings is 1. The van der Waals surface area contributed by atoms with Gasteiger partial charge in [-0.2, -0.15) is 0 Å². The summed E-state index contributed by atoms with van der Waals surface area (Å²) in [6.07, 6.45) is 0.407. The molecule has 3 amide bonds. The van der Waals surface area contributed by atoms with Crippen LogP contribution in [0, 0.1) is 6.92 Å². The standard InChI is InChI=1S/C16H19N5O2S/c1-10-6-4-5-7-12(10)21-9-11(8-13(21)22)14-18-19-15(24-14)17-16(23)20(2)3/h4-7,11H,8-9H2,1-3H3,(H,17,19,23). The average molecular weight is 345 g/mol. The maximum absolute atomic E-state index is 12.4. The van der Waals surface area contributed by atoms with Crippen LogP contribution in [0.5, 0.6) is 0 Å². The van der Waals surface area contributed by atoms with E-state index in [0.717, 1.165) is 16.3 Å². The third kappa shape index (κ3) is 3.23. The van der Waals surface area contributed by atoms with Gasteiger partial charge in [-0.3, -0.25) is 10.1 Å². The van der Waals surface area contributed by atoms with E-state index in [-0.39, 0.29) is 17.9 Å². The summed E-state index contributed by atoms with van der Waals surface area (Å²) in [6, 6.07) is 7.60. The number of nitrogens with one attached hydrogen (secondary N) is 1. The molecule has 2 aromatic rings. The number of anilines is 2. The molecule has 0 bridgehead atoms. The SMILES string of the molecule is Cc1ccccc1N1CC(c2nnc(NC(=O)N(C)C)s2)CC1=O. The van der Waals surface area contributed by atoms with Crippen molar-refractivity contribution < 1.29 is 9.59 Å². The number of amides is 3. The number of hydrogen-bond acceptors (Lipinski definition) is 5. The Kier molecular flexibility index (Phi) is 4.48. The van der Waals surface area contributed by atoms with Crippen LogP contribution in [0.15, 0.2) is 24.3 Å². The number of nitrogens with zero attached hydrogens (tertiary/aromatic N) is 4. The fraction of sp³-hybridized carbons (Fsp3) is 0.375. The summed E-state index contributed by atoms with van der Waals surface area (Å²) in [5.74, 6) is 0.0861. The first-order valence-electron chi connectivity index (χ1n) is 7.63. The van der Waals surface area contributed by atoms with Gasteiger partial charge in [0.05, 0.1) is 0 Å². The Hall–Kier alpha value is -2.48. The van der Waals surface area contributed by atoms with Gasteiger partial charge < -0.3 is 9.80 Å². The van der Waals surface area contributed by atoms with Crippen molar-refractivity contribution in [2.45, 2.75) is 19.3 Å². The Morgan fingerprint density at radius 1 is 1.33 bits per heavy atom. The second-order valence-electron chi connectivity index (χ2n) is 5.96. The largest absolute Gasteiger partial charge is 0.331 e. The van der Waals surface area contributed by atoms with Crippen LogP contribution in [0.4, 0.5) is 15.6 Å². The summed E-state index contributed by atoms with van der Waals surface area (Å²) in [5, 5.41) is 12.1. The van der Waals surface area contributed by atoms with Gasteiger partial charge in [-0.1, -0.05) is 29.5 Å². The lowest BCUT2D eigenvalue weighted by atomic mass is 10.1. The Bertz CT molecular complexity index is 773. The fourth-order valence-corrected chi connectivity index (χ4v) is 3.45. The number of carbonyl (C=O) groups is 2. The van der Waals surface area contributed by atoms with E-state index in [1.165, 1.54) is 16.2 Å². The first kappa shape index (κ1) is 16.4. The Labute approximate surface area is 144 Å². The predicted octanol–water partition coefficient (Wildman–Crippen LogP) is 2.46. The van der Waals surface area contributed by atoms with Gasteiger partial charge in [-0.25, -0.2) is 4.79 Å². The van der Waals surface area contributed by atoms with Gasteiger partial charge in [0.1, 0.15) is 5.01 Å². The maximum atomic E-state index is 12.4. The predicted molar refractivity (Wildman–Crippen MR) is 93.5 cm³/mol. The Morgan fingerprint density at radius 2 is 2.08 bits per heavy atom. The summed E-state index contributed by atoms with van der Waals surface area (Å²) >= 11 is 1.32. The zero-order valence-corrected chi connectivity index (χ0v) is 14.6. The third-order valence-electron chi connectivity index (χ3n) is 3.94. The van der Waals surface area contributed by atoms with Crippen LogP contribution in [0.25, 0.3) is 0 Å². The molecule has 0 radical (unpaired) electrons. The highest BCUT2D eigenvalue weighted by molar-refractivity contribution is 7.15. The molecule has 0 saturated carbocycles. The van der Waals surface area contributed by atoms with Gasteiger partial charge in [0, 0.05) is 38.7 Å². The topological polar surface area (TPSA) is 78.4 Å². The second-order valence-corrected chi connectivity index (χ2v) is 6.97. The molecular weight excluding hydrogens is 326 g/mol. The van der Waals surface area contributed by atoms with Gasteiger partial charge in [-0.05, 0) is 18.6 Å². The Morgan fingerprint density at radius 3 is 2.79 bits per heavy atom. The van der Waals surface area contributed by atoms with Gasteiger partial charge >= 0.3 is 6.03 Å². The summed E-state index contributed by atoms with van der Waals surface area (Å²) < 4.78 is 0. The summed E-state index contributed by atoms with van der Waals surface area (Å²) in [6.45, 7) is 2.58. The van der Waals surface area contributed by atoms with Crippen LogP contribution >= 0.6 is 11.3 Å². The molecule has 1 atom stereocenters. The van der Waals surface area contributed by atoms with Crippen molar-refractivity contribution in [3.63, 3.8) is 0 Å². The Balaban J connectivity index is 1.74. The summed E-state index contributed by atoms with van der Waals surface area (Å²) in [4.78, 5) is 27.3. The minimum atomic E-state index is -0.248. The van der Waals surface area contributed by atoms with E-state index in [2.05, 4.69) is 15.5 Å². The van der Waals surface area contributed by atoms with Crippen LogP contribution in [-0.2, 0) is 4.79 Å². The number of aryl methyl sites for hydroxylation is 1. The van der Waals surface area contributed by atoms with Crippen molar-refractivity contribution in [2.24, 2.45) is 0 Å². The van der Waals surface area contributed by atoms with Crippen LogP contribution < -0.4 is 10.2 Å². The van der Waals surface area contributed by atoms with Gasteiger partial charge in [-0.15, -0.1) is 10.2 Å². The molecular formula is C16H19N5O2S. The van der Waals surface area contributed by atoms with E-state index >= 15 is 0 Å². The highest BCUT2D eigenvalue weighted by Gasteiger charge is 2.34. The minimum absolute atomic E-state index is 0.000357. The van der Waals surface area contributed by atoms with Gasteiger partial charge in [0.15, 0.2) is 0 Å². The molecule has 24 heavy (non-hydrogen) atoms. The summed E-state index contributed by atoms with van der Waals surface area (Å²) in [7, 11) is 3.32. The van der Waals surface area contributed by atoms with E-state index in [1.807, 2.05) is 31.2 Å². The number of aromatic nitrogens is 2. The van der Waals surface area contributed by atoms with E-state index in [1.54, 1.807) is 19.0 Å². The van der Waals surface area contributed by atoms with E-state index in [4.69, 9.17) is 0 Å². The van der Waals surface area contributed by atoms with Crippen LogP contribution in [0.2, 0.25) is 0 Å². The highest BCUT2D eigenvalue weighted by Crippen LogP contribution is 2.35.